The molecule has 0 saturated carbocycles. The van der Waals surface area contributed by atoms with Crippen LogP contribution in [0.15, 0.2) is 53.4 Å². The van der Waals surface area contributed by atoms with Gasteiger partial charge in [-0.25, -0.2) is 8.42 Å². The average molecular weight is 341 g/mol. The Hall–Kier alpha value is -2.07. The number of hydrogen-bond acceptors (Lipinski definition) is 3. The minimum Gasteiger partial charge on any atom is -0.367 e. The van der Waals surface area contributed by atoms with Crippen LogP contribution in [0.25, 0.3) is 5.57 Å². The van der Waals surface area contributed by atoms with E-state index in [1.807, 2.05) is 12.1 Å². The number of aryl methyl sites for hydroxylation is 2. The molecule has 0 radical (unpaired) electrons. The zero-order chi connectivity index (χ0) is 17.3. The van der Waals surface area contributed by atoms with Gasteiger partial charge in [-0.2, -0.15) is 0 Å². The lowest BCUT2D eigenvalue weighted by molar-refractivity contribution is 0.602. The van der Waals surface area contributed by atoms with E-state index in [4.69, 9.17) is 0 Å². The molecule has 3 nitrogen and oxygen atoms in total. The van der Waals surface area contributed by atoms with Crippen LogP contribution in [0.5, 0.6) is 0 Å². The molecule has 0 saturated heterocycles. The van der Waals surface area contributed by atoms with Gasteiger partial charge < -0.3 is 4.90 Å². The molecule has 126 valence electrons. The Labute approximate surface area is 144 Å². The van der Waals surface area contributed by atoms with Crippen LogP contribution in [0, 0.1) is 13.8 Å². The van der Waals surface area contributed by atoms with Crippen molar-refractivity contribution >= 4 is 21.1 Å². The Morgan fingerprint density at radius 2 is 1.58 bits per heavy atom. The molecule has 0 fully saturated rings. The van der Waals surface area contributed by atoms with Gasteiger partial charge in [-0.05, 0) is 55.7 Å². The van der Waals surface area contributed by atoms with E-state index in [-0.39, 0.29) is 0 Å². The van der Waals surface area contributed by atoms with E-state index in [9.17, 15) is 8.42 Å². The molecule has 0 aromatic heterocycles. The minimum atomic E-state index is -3.13. The fourth-order valence-electron chi connectivity index (χ4n) is 3.23. The second-order valence-electron chi connectivity index (χ2n) is 6.57. The Morgan fingerprint density at radius 1 is 0.958 bits per heavy atom. The third-order valence-electron chi connectivity index (χ3n) is 4.43. The van der Waals surface area contributed by atoms with Crippen LogP contribution in [0.3, 0.4) is 0 Å². The molecule has 0 spiro atoms. The summed E-state index contributed by atoms with van der Waals surface area (Å²) in [5, 5.41) is 0. The molecule has 4 heteroatoms. The molecule has 0 bridgehead atoms. The van der Waals surface area contributed by atoms with E-state index in [1.54, 1.807) is 12.1 Å². The van der Waals surface area contributed by atoms with Crippen LogP contribution in [0.4, 0.5) is 5.69 Å². The highest BCUT2D eigenvalue weighted by atomic mass is 32.2. The number of anilines is 1. The summed E-state index contributed by atoms with van der Waals surface area (Å²) < 4.78 is 23.1. The molecule has 24 heavy (non-hydrogen) atoms. The third kappa shape index (κ3) is 3.70. The zero-order valence-electron chi connectivity index (χ0n) is 14.4. The molecule has 1 aliphatic heterocycles. The Balaban J connectivity index is 1.77. The van der Waals surface area contributed by atoms with Crippen molar-refractivity contribution in [3.05, 3.63) is 65.2 Å². The molecule has 0 unspecified atom stereocenters. The van der Waals surface area contributed by atoms with Crippen LogP contribution in [0.1, 0.15) is 23.1 Å². The monoisotopic (exact) mass is 341 g/mol. The average Bonchev–Trinajstić information content (AvgIpc) is 2.53. The van der Waals surface area contributed by atoms with Gasteiger partial charge >= 0.3 is 0 Å². The van der Waals surface area contributed by atoms with Crippen molar-refractivity contribution in [3.63, 3.8) is 0 Å². The van der Waals surface area contributed by atoms with Crippen LogP contribution in [-0.4, -0.2) is 27.8 Å². The highest BCUT2D eigenvalue weighted by Crippen LogP contribution is 2.27. The van der Waals surface area contributed by atoms with E-state index in [0.29, 0.717) is 4.90 Å². The smallest absolute Gasteiger partial charge is 0.175 e. The van der Waals surface area contributed by atoms with Gasteiger partial charge in [0.15, 0.2) is 9.84 Å². The first-order valence-corrected chi connectivity index (χ1v) is 10.0. The predicted octanol–water partition coefficient (Wildman–Crippen LogP) is 4.00. The molecule has 2 aromatic rings. The van der Waals surface area contributed by atoms with Crippen LogP contribution in [0.2, 0.25) is 0 Å². The lowest BCUT2D eigenvalue weighted by Gasteiger charge is -2.29. The molecular weight excluding hydrogens is 318 g/mol. The van der Waals surface area contributed by atoms with Crippen molar-refractivity contribution in [2.24, 2.45) is 0 Å². The number of sulfone groups is 1. The molecule has 3 rings (SSSR count). The standard InChI is InChI=1S/C20H23NO2S/c1-15-12-16(2)14-18(13-15)17-8-10-21(11-9-17)19-4-6-20(7-5-19)24(3,22)23/h4-8,12-14H,9-11H2,1-3H3. The van der Waals surface area contributed by atoms with Gasteiger partial charge in [0.1, 0.15) is 0 Å². The number of rotatable bonds is 3. The maximum Gasteiger partial charge on any atom is 0.175 e. The summed E-state index contributed by atoms with van der Waals surface area (Å²) in [5.74, 6) is 0. The maximum absolute atomic E-state index is 11.6. The van der Waals surface area contributed by atoms with E-state index in [1.165, 1.54) is 28.5 Å². The van der Waals surface area contributed by atoms with Gasteiger partial charge in [0, 0.05) is 25.0 Å². The summed E-state index contributed by atoms with van der Waals surface area (Å²) in [6.07, 6.45) is 4.51. The molecule has 0 atom stereocenters. The number of hydrogen-bond donors (Lipinski definition) is 0. The first kappa shape index (κ1) is 16.8. The third-order valence-corrected chi connectivity index (χ3v) is 5.56. The zero-order valence-corrected chi connectivity index (χ0v) is 15.2. The largest absolute Gasteiger partial charge is 0.367 e. The van der Waals surface area contributed by atoms with Crippen molar-refractivity contribution in [2.45, 2.75) is 25.2 Å². The second kappa shape index (κ2) is 6.44. The molecule has 1 aliphatic rings. The first-order valence-electron chi connectivity index (χ1n) is 8.16. The van der Waals surface area contributed by atoms with E-state index < -0.39 is 9.84 Å². The van der Waals surface area contributed by atoms with Crippen LogP contribution < -0.4 is 4.90 Å². The van der Waals surface area contributed by atoms with Crippen molar-refractivity contribution in [3.8, 4) is 0 Å². The molecular formula is C20H23NO2S. The van der Waals surface area contributed by atoms with E-state index in [0.717, 1.165) is 25.2 Å². The molecule has 0 amide bonds. The van der Waals surface area contributed by atoms with E-state index in [2.05, 4.69) is 43.0 Å². The summed E-state index contributed by atoms with van der Waals surface area (Å²) in [6.45, 7) is 6.06. The lowest BCUT2D eigenvalue weighted by Crippen LogP contribution is -2.28. The summed E-state index contributed by atoms with van der Waals surface area (Å²) >= 11 is 0. The summed E-state index contributed by atoms with van der Waals surface area (Å²) in [7, 11) is -3.13. The summed E-state index contributed by atoms with van der Waals surface area (Å²) in [5.41, 5.74) is 6.37. The highest BCUT2D eigenvalue weighted by molar-refractivity contribution is 7.90. The molecule has 0 aliphatic carbocycles. The predicted molar refractivity (Wildman–Crippen MR) is 100 cm³/mol. The second-order valence-corrected chi connectivity index (χ2v) is 8.58. The lowest BCUT2D eigenvalue weighted by atomic mass is 9.96. The Morgan fingerprint density at radius 3 is 2.08 bits per heavy atom. The minimum absolute atomic E-state index is 0.370. The Bertz CT molecular complexity index is 860. The van der Waals surface area contributed by atoms with Gasteiger partial charge in [-0.3, -0.25) is 0 Å². The van der Waals surface area contributed by atoms with Crippen molar-refractivity contribution < 1.29 is 8.42 Å². The Kier molecular flexibility index (Phi) is 4.50. The molecule has 2 aromatic carbocycles. The maximum atomic E-state index is 11.6. The highest BCUT2D eigenvalue weighted by Gasteiger charge is 2.15. The van der Waals surface area contributed by atoms with Gasteiger partial charge in [0.25, 0.3) is 0 Å². The quantitative estimate of drug-likeness (QED) is 0.847. The van der Waals surface area contributed by atoms with Crippen molar-refractivity contribution in [2.75, 3.05) is 24.2 Å². The summed E-state index contributed by atoms with van der Waals surface area (Å²) in [4.78, 5) is 2.65. The van der Waals surface area contributed by atoms with Gasteiger partial charge in [-0.15, -0.1) is 0 Å². The van der Waals surface area contributed by atoms with Gasteiger partial charge in [-0.1, -0.05) is 35.4 Å². The van der Waals surface area contributed by atoms with Gasteiger partial charge in [0.05, 0.1) is 4.90 Å². The fourth-order valence-corrected chi connectivity index (χ4v) is 3.86. The SMILES string of the molecule is Cc1cc(C)cc(C2=CCN(c3ccc(S(C)(=O)=O)cc3)CC2)c1. The van der Waals surface area contributed by atoms with Crippen LogP contribution >= 0.6 is 0 Å². The number of nitrogens with zero attached hydrogens (tertiary/aromatic N) is 1. The summed E-state index contributed by atoms with van der Waals surface area (Å²) in [6, 6.07) is 13.9. The number of benzene rings is 2. The normalized spacial score (nSPS) is 15.3. The topological polar surface area (TPSA) is 37.4 Å². The fraction of sp³-hybridized carbons (Fsp3) is 0.300. The van der Waals surface area contributed by atoms with Crippen LogP contribution in [-0.2, 0) is 9.84 Å². The van der Waals surface area contributed by atoms with Crippen molar-refractivity contribution in [1.82, 2.24) is 0 Å². The first-order chi connectivity index (χ1) is 11.3. The molecule has 1 heterocycles. The van der Waals surface area contributed by atoms with E-state index >= 15 is 0 Å². The molecule has 0 N–H and O–H groups in total. The van der Waals surface area contributed by atoms with Crippen molar-refractivity contribution in [1.29, 1.82) is 0 Å². The van der Waals surface area contributed by atoms with Gasteiger partial charge in [0.2, 0.25) is 0 Å².